The van der Waals surface area contributed by atoms with Gasteiger partial charge in [0.25, 0.3) is 5.91 Å². The normalized spacial score (nSPS) is 13.9. The average Bonchev–Trinajstić information content (AvgIpc) is 2.48. The maximum Gasteiger partial charge on any atom is 0.255 e. The van der Waals surface area contributed by atoms with E-state index in [1.807, 2.05) is 12.1 Å². The van der Waals surface area contributed by atoms with Crippen molar-refractivity contribution in [2.45, 2.75) is 25.7 Å². The van der Waals surface area contributed by atoms with E-state index in [0.29, 0.717) is 18.7 Å². The van der Waals surface area contributed by atoms with Crippen LogP contribution in [0.25, 0.3) is 0 Å². The van der Waals surface area contributed by atoms with Crippen LogP contribution in [0.3, 0.4) is 0 Å². The molecule has 1 aromatic rings. The fraction of sp³-hybridized carbons (Fsp3) is 0.571. The number of rotatable bonds is 5. The molecule has 7 heteroatoms. The van der Waals surface area contributed by atoms with Crippen molar-refractivity contribution < 1.29 is 4.79 Å². The molecule has 5 nitrogen and oxygen atoms in total. The van der Waals surface area contributed by atoms with Crippen molar-refractivity contribution in [2.75, 3.05) is 31.1 Å². The van der Waals surface area contributed by atoms with E-state index in [4.69, 9.17) is 5.73 Å². The molecule has 1 aliphatic rings. The minimum absolute atomic E-state index is 0. The average molecular weight is 335 g/mol. The third-order valence-electron chi connectivity index (χ3n) is 3.35. The number of amides is 1. The van der Waals surface area contributed by atoms with Crippen LogP contribution in [-0.2, 0) is 0 Å². The van der Waals surface area contributed by atoms with Crippen molar-refractivity contribution in [3.63, 3.8) is 0 Å². The summed E-state index contributed by atoms with van der Waals surface area (Å²) in [6.45, 7) is 3.18. The number of carbonyl (C=O) groups excluding carboxylic acids is 1. The lowest BCUT2D eigenvalue weighted by Crippen LogP contribution is -2.34. The molecule has 1 fully saturated rings. The Balaban J connectivity index is 0.00000200. The second-order valence-corrected chi connectivity index (χ2v) is 4.82. The highest BCUT2D eigenvalue weighted by Gasteiger charge is 2.19. The number of nitrogens with two attached hydrogens (primary N) is 1. The summed E-state index contributed by atoms with van der Waals surface area (Å²) >= 11 is 0. The fourth-order valence-corrected chi connectivity index (χ4v) is 2.33. The first-order chi connectivity index (χ1) is 9.33. The molecule has 1 aromatic heterocycles. The van der Waals surface area contributed by atoms with Crippen molar-refractivity contribution in [1.82, 2.24) is 10.3 Å². The molecule has 0 radical (unpaired) electrons. The molecular formula is C14H24Cl2N4O. The Bertz CT molecular complexity index is 425. The van der Waals surface area contributed by atoms with Crippen molar-refractivity contribution >= 4 is 36.5 Å². The number of hydrogen-bond donors (Lipinski definition) is 2. The van der Waals surface area contributed by atoms with Crippen LogP contribution < -0.4 is 16.0 Å². The van der Waals surface area contributed by atoms with Crippen LogP contribution in [0.1, 0.15) is 36.0 Å². The zero-order chi connectivity index (χ0) is 13.5. The summed E-state index contributed by atoms with van der Waals surface area (Å²) in [5, 5.41) is 2.89. The molecule has 120 valence electrons. The number of pyridine rings is 1. The van der Waals surface area contributed by atoms with Gasteiger partial charge in [0.15, 0.2) is 0 Å². The van der Waals surface area contributed by atoms with Gasteiger partial charge in [-0.2, -0.15) is 0 Å². The molecule has 3 N–H and O–H groups in total. The molecule has 0 aromatic carbocycles. The van der Waals surface area contributed by atoms with E-state index < -0.39 is 0 Å². The van der Waals surface area contributed by atoms with E-state index in [1.165, 1.54) is 19.3 Å². The van der Waals surface area contributed by atoms with Gasteiger partial charge >= 0.3 is 0 Å². The van der Waals surface area contributed by atoms with Crippen LogP contribution in [0.5, 0.6) is 0 Å². The minimum Gasteiger partial charge on any atom is -0.356 e. The number of nitrogens with zero attached hydrogens (tertiary/aromatic N) is 2. The first kappa shape index (κ1) is 20.0. The quantitative estimate of drug-likeness (QED) is 0.808. The standard InChI is InChI=1S/C14H22N4O.2ClH/c15-7-5-9-17-14(19)12-6-4-8-16-13(12)18-10-2-1-3-11-18;;/h4,6,8H,1-3,5,7,9-11,15H2,(H,17,19);2*1H. The predicted molar refractivity (Wildman–Crippen MR) is 90.8 cm³/mol. The largest absolute Gasteiger partial charge is 0.356 e. The van der Waals surface area contributed by atoms with Gasteiger partial charge in [0.1, 0.15) is 5.82 Å². The van der Waals surface area contributed by atoms with Crippen molar-refractivity contribution in [3.8, 4) is 0 Å². The molecule has 0 bridgehead atoms. The highest BCUT2D eigenvalue weighted by atomic mass is 35.5. The van der Waals surface area contributed by atoms with E-state index in [9.17, 15) is 4.79 Å². The van der Waals surface area contributed by atoms with Gasteiger partial charge in [-0.05, 0) is 44.4 Å². The molecule has 0 unspecified atom stereocenters. The van der Waals surface area contributed by atoms with Crippen LogP contribution in [0.15, 0.2) is 18.3 Å². The first-order valence-corrected chi connectivity index (χ1v) is 7.01. The Morgan fingerprint density at radius 1 is 1.29 bits per heavy atom. The Kier molecular flexibility index (Phi) is 10.1. The number of carbonyl (C=O) groups is 1. The van der Waals surface area contributed by atoms with Crippen LogP contribution in [0.2, 0.25) is 0 Å². The van der Waals surface area contributed by atoms with Crippen LogP contribution in [0.4, 0.5) is 5.82 Å². The third kappa shape index (κ3) is 5.69. The lowest BCUT2D eigenvalue weighted by atomic mass is 10.1. The smallest absolute Gasteiger partial charge is 0.255 e. The molecule has 1 amide bonds. The van der Waals surface area contributed by atoms with E-state index in [1.54, 1.807) is 6.20 Å². The molecule has 0 saturated carbocycles. The molecule has 1 aliphatic heterocycles. The van der Waals surface area contributed by atoms with Gasteiger partial charge in [0.2, 0.25) is 0 Å². The van der Waals surface area contributed by atoms with Gasteiger partial charge in [0, 0.05) is 25.8 Å². The summed E-state index contributed by atoms with van der Waals surface area (Å²) in [5.74, 6) is 0.759. The minimum atomic E-state index is -0.0536. The molecule has 0 spiro atoms. The molecular weight excluding hydrogens is 311 g/mol. The summed E-state index contributed by atoms with van der Waals surface area (Å²) in [5.41, 5.74) is 6.10. The Morgan fingerprint density at radius 3 is 2.67 bits per heavy atom. The van der Waals surface area contributed by atoms with E-state index in [-0.39, 0.29) is 30.7 Å². The third-order valence-corrected chi connectivity index (χ3v) is 3.35. The molecule has 0 aliphatic carbocycles. The number of piperidine rings is 1. The SMILES string of the molecule is Cl.Cl.NCCCNC(=O)c1cccnc1N1CCCCC1. The topological polar surface area (TPSA) is 71.2 Å². The Hall–Kier alpha value is -1.04. The fourth-order valence-electron chi connectivity index (χ4n) is 2.33. The zero-order valence-corrected chi connectivity index (χ0v) is 13.7. The number of aromatic nitrogens is 1. The summed E-state index contributed by atoms with van der Waals surface area (Å²) < 4.78 is 0. The Morgan fingerprint density at radius 2 is 2.00 bits per heavy atom. The molecule has 1 saturated heterocycles. The van der Waals surface area contributed by atoms with Crippen molar-refractivity contribution in [1.29, 1.82) is 0 Å². The highest BCUT2D eigenvalue weighted by molar-refractivity contribution is 5.98. The second kappa shape index (κ2) is 10.7. The van der Waals surface area contributed by atoms with Crippen molar-refractivity contribution in [3.05, 3.63) is 23.9 Å². The molecule has 2 rings (SSSR count). The maximum atomic E-state index is 12.2. The summed E-state index contributed by atoms with van der Waals surface area (Å²) in [4.78, 5) is 18.8. The lowest BCUT2D eigenvalue weighted by molar-refractivity contribution is 0.0953. The summed E-state index contributed by atoms with van der Waals surface area (Å²) in [6.07, 6.45) is 6.16. The number of nitrogens with one attached hydrogen (secondary N) is 1. The van der Waals surface area contributed by atoms with Crippen molar-refractivity contribution in [2.24, 2.45) is 5.73 Å². The summed E-state index contributed by atoms with van der Waals surface area (Å²) in [7, 11) is 0. The van der Waals surface area contributed by atoms with E-state index in [2.05, 4.69) is 15.2 Å². The van der Waals surface area contributed by atoms with Gasteiger partial charge in [-0.15, -0.1) is 24.8 Å². The van der Waals surface area contributed by atoms with Gasteiger partial charge in [0.05, 0.1) is 5.56 Å². The zero-order valence-electron chi connectivity index (χ0n) is 12.1. The van der Waals surface area contributed by atoms with Crippen LogP contribution in [0, 0.1) is 0 Å². The predicted octanol–water partition coefficient (Wildman–Crippen LogP) is 1.99. The number of halogens is 2. The van der Waals surface area contributed by atoms with E-state index in [0.717, 1.165) is 25.3 Å². The summed E-state index contributed by atoms with van der Waals surface area (Å²) in [6, 6.07) is 3.65. The van der Waals surface area contributed by atoms with Crippen LogP contribution >= 0.6 is 24.8 Å². The van der Waals surface area contributed by atoms with Gasteiger partial charge in [-0.1, -0.05) is 0 Å². The molecule has 21 heavy (non-hydrogen) atoms. The van der Waals surface area contributed by atoms with E-state index >= 15 is 0 Å². The second-order valence-electron chi connectivity index (χ2n) is 4.82. The number of hydrogen-bond acceptors (Lipinski definition) is 4. The van der Waals surface area contributed by atoms with Gasteiger partial charge in [-0.3, -0.25) is 4.79 Å². The van der Waals surface area contributed by atoms with Crippen LogP contribution in [-0.4, -0.2) is 37.1 Å². The first-order valence-electron chi connectivity index (χ1n) is 7.01. The van der Waals surface area contributed by atoms with Gasteiger partial charge < -0.3 is 16.0 Å². The number of anilines is 1. The molecule has 0 atom stereocenters. The monoisotopic (exact) mass is 334 g/mol. The lowest BCUT2D eigenvalue weighted by Gasteiger charge is -2.29. The van der Waals surface area contributed by atoms with Gasteiger partial charge in [-0.25, -0.2) is 4.98 Å². The maximum absolute atomic E-state index is 12.2. The molecule has 2 heterocycles. The highest BCUT2D eigenvalue weighted by Crippen LogP contribution is 2.21. The Labute approximate surface area is 138 Å².